The molecule has 0 aliphatic heterocycles. The molecule has 0 aromatic carbocycles. The van der Waals surface area contributed by atoms with E-state index in [4.69, 9.17) is 0 Å². The molecule has 0 saturated carbocycles. The Balaban J connectivity index is 4.73. The Labute approximate surface area is 165 Å². The van der Waals surface area contributed by atoms with Gasteiger partial charge >= 0.3 is 0 Å². The molecule has 0 aliphatic carbocycles. The molecule has 164 valence electrons. The lowest BCUT2D eigenvalue weighted by Gasteiger charge is -2.24. The number of hydrogen-bond acceptors (Lipinski definition) is 6. The van der Waals surface area contributed by atoms with Crippen LogP contribution in [-0.4, -0.2) is 71.5 Å². The summed E-state index contributed by atoms with van der Waals surface area (Å²) in [5.74, 6) is 0. The van der Waals surface area contributed by atoms with Gasteiger partial charge in [-0.2, -0.15) is 0 Å². The summed E-state index contributed by atoms with van der Waals surface area (Å²) < 4.78 is 78.7. The van der Waals surface area contributed by atoms with Gasteiger partial charge in [0, 0.05) is 26.2 Å². The number of hydrogen-bond donors (Lipinski definition) is 2. The van der Waals surface area contributed by atoms with Gasteiger partial charge in [-0.1, -0.05) is 0 Å². The molecule has 0 bridgehead atoms. The highest BCUT2D eigenvalue weighted by Gasteiger charge is 2.28. The van der Waals surface area contributed by atoms with E-state index in [1.54, 1.807) is 27.7 Å². The van der Waals surface area contributed by atoms with Crippen molar-refractivity contribution in [3.63, 3.8) is 0 Å². The molecule has 27 heavy (non-hydrogen) atoms. The average molecular weight is 450 g/mol. The molecular formula is C15H35N3O6S3. The second-order valence-corrected chi connectivity index (χ2v) is 14.3. The monoisotopic (exact) mass is 449 g/mol. The first kappa shape index (κ1) is 26.7. The summed E-state index contributed by atoms with van der Waals surface area (Å²) in [6.45, 7) is 9.65. The van der Waals surface area contributed by atoms with E-state index in [-0.39, 0.29) is 32.0 Å². The fraction of sp³-hybridized carbons (Fsp3) is 1.00. The van der Waals surface area contributed by atoms with Crippen molar-refractivity contribution >= 4 is 30.1 Å². The summed E-state index contributed by atoms with van der Waals surface area (Å²) >= 11 is 0. The minimum atomic E-state index is -3.66. The van der Waals surface area contributed by atoms with E-state index in [1.807, 2.05) is 0 Å². The molecule has 0 aromatic rings. The first-order valence-corrected chi connectivity index (χ1v) is 13.6. The van der Waals surface area contributed by atoms with Gasteiger partial charge in [-0.3, -0.25) is 0 Å². The molecule has 0 amide bonds. The molecule has 9 nitrogen and oxygen atoms in total. The van der Waals surface area contributed by atoms with Crippen LogP contribution in [0.2, 0.25) is 0 Å². The SMILES string of the molecule is CC(C)NS(=O)(=O)C(C)CCN(C)S(=O)(=O)C(C)CCNS(=O)(=O)C(C)C. The quantitative estimate of drug-likeness (QED) is 0.420. The zero-order chi connectivity index (χ0) is 21.6. The van der Waals surface area contributed by atoms with Gasteiger partial charge in [0.1, 0.15) is 0 Å². The summed E-state index contributed by atoms with van der Waals surface area (Å²) in [5.41, 5.74) is 0. The Bertz CT molecular complexity index is 761. The number of nitrogens with one attached hydrogen (secondary N) is 2. The van der Waals surface area contributed by atoms with Crippen LogP contribution in [0.5, 0.6) is 0 Å². The summed E-state index contributed by atoms with van der Waals surface area (Å²) in [6, 6.07) is -0.228. The van der Waals surface area contributed by atoms with Crippen LogP contribution in [0.1, 0.15) is 54.4 Å². The molecule has 2 unspecified atom stereocenters. The second kappa shape index (κ2) is 10.5. The lowest BCUT2D eigenvalue weighted by atomic mass is 10.3. The van der Waals surface area contributed by atoms with Crippen LogP contribution in [0.15, 0.2) is 0 Å². The molecule has 0 rings (SSSR count). The molecule has 12 heteroatoms. The molecular weight excluding hydrogens is 414 g/mol. The number of sulfonamides is 3. The maximum atomic E-state index is 12.5. The number of nitrogens with zero attached hydrogens (tertiary/aromatic N) is 1. The number of rotatable bonds is 13. The van der Waals surface area contributed by atoms with Crippen molar-refractivity contribution in [3.05, 3.63) is 0 Å². The van der Waals surface area contributed by atoms with E-state index >= 15 is 0 Å². The van der Waals surface area contributed by atoms with Crippen molar-refractivity contribution in [2.45, 2.75) is 76.2 Å². The Morgan fingerprint density at radius 2 is 1.30 bits per heavy atom. The van der Waals surface area contributed by atoms with Crippen molar-refractivity contribution in [1.82, 2.24) is 13.7 Å². The van der Waals surface area contributed by atoms with E-state index in [0.717, 1.165) is 4.31 Å². The minimum absolute atomic E-state index is 0.0256. The normalized spacial score (nSPS) is 16.2. The summed E-state index contributed by atoms with van der Waals surface area (Å²) in [6.07, 6.45) is 0.284. The summed E-state index contributed by atoms with van der Waals surface area (Å²) in [4.78, 5) is 0. The largest absolute Gasteiger partial charge is 0.216 e. The summed E-state index contributed by atoms with van der Waals surface area (Å²) in [5, 5.41) is -2.11. The fourth-order valence-corrected chi connectivity index (χ4v) is 5.55. The van der Waals surface area contributed by atoms with Crippen LogP contribution in [-0.2, 0) is 30.1 Å². The fourth-order valence-electron chi connectivity index (χ4n) is 2.12. The zero-order valence-electron chi connectivity index (χ0n) is 17.3. The van der Waals surface area contributed by atoms with Gasteiger partial charge in [-0.25, -0.2) is 39.0 Å². The van der Waals surface area contributed by atoms with Crippen molar-refractivity contribution < 1.29 is 25.3 Å². The Morgan fingerprint density at radius 1 is 0.778 bits per heavy atom. The van der Waals surface area contributed by atoms with Crippen LogP contribution in [0.25, 0.3) is 0 Å². The first-order chi connectivity index (χ1) is 12.0. The van der Waals surface area contributed by atoms with E-state index in [0.29, 0.717) is 0 Å². The highest BCUT2D eigenvalue weighted by atomic mass is 32.2. The molecule has 2 N–H and O–H groups in total. The van der Waals surface area contributed by atoms with E-state index in [9.17, 15) is 25.3 Å². The van der Waals surface area contributed by atoms with Gasteiger partial charge in [0.2, 0.25) is 30.1 Å². The van der Waals surface area contributed by atoms with Crippen LogP contribution < -0.4 is 9.44 Å². The molecule has 2 atom stereocenters. The predicted molar refractivity (Wildman–Crippen MR) is 109 cm³/mol. The van der Waals surface area contributed by atoms with Crippen molar-refractivity contribution in [1.29, 1.82) is 0 Å². The van der Waals surface area contributed by atoms with Crippen molar-refractivity contribution in [2.75, 3.05) is 20.1 Å². The van der Waals surface area contributed by atoms with Gasteiger partial charge in [0.05, 0.1) is 15.7 Å². The highest BCUT2D eigenvalue weighted by molar-refractivity contribution is 7.90. The van der Waals surface area contributed by atoms with Gasteiger partial charge in [0.25, 0.3) is 0 Å². The smallest absolute Gasteiger partial charge is 0.215 e. The molecule has 0 radical (unpaired) electrons. The van der Waals surface area contributed by atoms with E-state index in [1.165, 1.54) is 20.9 Å². The Kier molecular flexibility index (Phi) is 10.4. The molecule has 0 heterocycles. The molecule has 0 fully saturated rings. The predicted octanol–water partition coefficient (Wildman–Crippen LogP) is 0.461. The molecule has 0 spiro atoms. The van der Waals surface area contributed by atoms with E-state index in [2.05, 4.69) is 9.44 Å². The Hall–Kier alpha value is -0.270. The minimum Gasteiger partial charge on any atom is -0.215 e. The third-order valence-electron chi connectivity index (χ3n) is 4.20. The van der Waals surface area contributed by atoms with Gasteiger partial charge in [0.15, 0.2) is 0 Å². The molecule has 0 saturated heterocycles. The maximum Gasteiger partial charge on any atom is 0.216 e. The van der Waals surface area contributed by atoms with Crippen LogP contribution >= 0.6 is 0 Å². The Morgan fingerprint density at radius 3 is 1.74 bits per heavy atom. The van der Waals surface area contributed by atoms with E-state index < -0.39 is 45.8 Å². The lowest BCUT2D eigenvalue weighted by Crippen LogP contribution is -2.41. The molecule has 0 aliphatic rings. The topological polar surface area (TPSA) is 130 Å². The van der Waals surface area contributed by atoms with Gasteiger partial charge < -0.3 is 0 Å². The maximum absolute atomic E-state index is 12.5. The standard InChI is InChI=1S/C15H35N3O6S3/c1-12(2)17-26(21,22)14(5)9-11-18(7)27(23,24)15(6)8-10-16-25(19,20)13(3)4/h12-17H,8-11H2,1-7H3. The third kappa shape index (κ3) is 8.73. The lowest BCUT2D eigenvalue weighted by molar-refractivity contribution is 0.444. The third-order valence-corrected chi connectivity index (χ3v) is 10.4. The van der Waals surface area contributed by atoms with Crippen LogP contribution in [0.4, 0.5) is 0 Å². The first-order valence-electron chi connectivity index (χ1n) is 8.98. The van der Waals surface area contributed by atoms with Gasteiger partial charge in [-0.15, -0.1) is 0 Å². The average Bonchev–Trinajstić information content (AvgIpc) is 2.50. The zero-order valence-corrected chi connectivity index (χ0v) is 19.7. The highest BCUT2D eigenvalue weighted by Crippen LogP contribution is 2.13. The summed E-state index contributed by atoms with van der Waals surface area (Å²) in [7, 11) is -9.20. The van der Waals surface area contributed by atoms with Crippen LogP contribution in [0, 0.1) is 0 Å². The van der Waals surface area contributed by atoms with Gasteiger partial charge in [-0.05, 0) is 54.4 Å². The van der Waals surface area contributed by atoms with Crippen LogP contribution in [0.3, 0.4) is 0 Å². The molecule has 0 aromatic heterocycles. The van der Waals surface area contributed by atoms with Crippen molar-refractivity contribution in [2.24, 2.45) is 0 Å². The van der Waals surface area contributed by atoms with Crippen molar-refractivity contribution in [3.8, 4) is 0 Å². The second-order valence-electron chi connectivity index (χ2n) is 7.37.